The summed E-state index contributed by atoms with van der Waals surface area (Å²) in [5.74, 6) is 1.21. The first-order chi connectivity index (χ1) is 9.58. The SMILES string of the molecule is CC(C)n1c(C2CCC(N)CC2)nc2c(F)cccc21. The highest BCUT2D eigenvalue weighted by Gasteiger charge is 2.26. The fourth-order valence-corrected chi connectivity index (χ4v) is 3.31. The fraction of sp³-hybridized carbons (Fsp3) is 0.562. The number of rotatable bonds is 2. The number of fused-ring (bicyclic) bond motifs is 1. The lowest BCUT2D eigenvalue weighted by molar-refractivity contribution is 0.372. The lowest BCUT2D eigenvalue weighted by atomic mass is 9.86. The van der Waals surface area contributed by atoms with Crippen molar-refractivity contribution in [3.8, 4) is 0 Å². The predicted octanol–water partition coefficient (Wildman–Crippen LogP) is 3.74. The fourth-order valence-electron chi connectivity index (χ4n) is 3.31. The molecule has 20 heavy (non-hydrogen) atoms. The van der Waals surface area contributed by atoms with Crippen LogP contribution in [0.5, 0.6) is 0 Å². The van der Waals surface area contributed by atoms with Gasteiger partial charge in [-0.1, -0.05) is 6.07 Å². The molecule has 1 heterocycles. The van der Waals surface area contributed by atoms with Gasteiger partial charge in [-0.05, 0) is 51.7 Å². The third kappa shape index (κ3) is 2.22. The van der Waals surface area contributed by atoms with Crippen molar-refractivity contribution in [3.05, 3.63) is 29.8 Å². The maximum absolute atomic E-state index is 14.0. The van der Waals surface area contributed by atoms with E-state index in [4.69, 9.17) is 5.73 Å². The van der Waals surface area contributed by atoms with Crippen molar-refractivity contribution in [2.75, 3.05) is 0 Å². The largest absolute Gasteiger partial charge is 0.328 e. The van der Waals surface area contributed by atoms with Crippen molar-refractivity contribution in [1.82, 2.24) is 9.55 Å². The van der Waals surface area contributed by atoms with Gasteiger partial charge in [0.05, 0.1) is 5.52 Å². The van der Waals surface area contributed by atoms with Crippen LogP contribution in [0.4, 0.5) is 4.39 Å². The summed E-state index contributed by atoms with van der Waals surface area (Å²) in [6.45, 7) is 4.26. The van der Waals surface area contributed by atoms with E-state index >= 15 is 0 Å². The van der Waals surface area contributed by atoms with Crippen LogP contribution in [0.15, 0.2) is 18.2 Å². The molecule has 0 spiro atoms. The number of imidazole rings is 1. The Hall–Kier alpha value is -1.42. The normalized spacial score (nSPS) is 23.6. The molecule has 1 aromatic heterocycles. The molecule has 0 unspecified atom stereocenters. The molecule has 0 radical (unpaired) electrons. The van der Waals surface area contributed by atoms with Crippen LogP contribution in [-0.4, -0.2) is 15.6 Å². The van der Waals surface area contributed by atoms with E-state index in [2.05, 4.69) is 23.4 Å². The Morgan fingerprint density at radius 3 is 2.60 bits per heavy atom. The zero-order valence-corrected chi connectivity index (χ0v) is 12.1. The Labute approximate surface area is 119 Å². The minimum absolute atomic E-state index is 0.226. The summed E-state index contributed by atoms with van der Waals surface area (Å²) in [7, 11) is 0. The first kappa shape index (κ1) is 13.6. The van der Waals surface area contributed by atoms with Crippen LogP contribution >= 0.6 is 0 Å². The number of benzene rings is 1. The minimum Gasteiger partial charge on any atom is -0.328 e. The van der Waals surface area contributed by atoms with Gasteiger partial charge in [-0.2, -0.15) is 0 Å². The first-order valence-electron chi connectivity index (χ1n) is 7.50. The van der Waals surface area contributed by atoms with E-state index in [1.165, 1.54) is 6.07 Å². The number of hydrogen-bond acceptors (Lipinski definition) is 2. The van der Waals surface area contributed by atoms with Crippen molar-refractivity contribution < 1.29 is 4.39 Å². The van der Waals surface area contributed by atoms with E-state index in [1.807, 2.05) is 6.07 Å². The number of nitrogens with two attached hydrogens (primary N) is 1. The maximum atomic E-state index is 14.0. The standard InChI is InChI=1S/C16H22FN3/c1-10(2)20-14-5-3-4-13(17)15(14)19-16(20)11-6-8-12(18)9-7-11/h3-5,10-12H,6-9,18H2,1-2H3. The minimum atomic E-state index is -0.226. The summed E-state index contributed by atoms with van der Waals surface area (Å²) in [6.07, 6.45) is 4.18. The van der Waals surface area contributed by atoms with Crippen LogP contribution in [0.3, 0.4) is 0 Å². The summed E-state index contributed by atoms with van der Waals surface area (Å²) in [6, 6.07) is 5.82. The quantitative estimate of drug-likeness (QED) is 0.907. The van der Waals surface area contributed by atoms with Crippen molar-refractivity contribution in [1.29, 1.82) is 0 Å². The smallest absolute Gasteiger partial charge is 0.151 e. The van der Waals surface area contributed by atoms with Gasteiger partial charge in [0, 0.05) is 18.0 Å². The van der Waals surface area contributed by atoms with Crippen molar-refractivity contribution in [3.63, 3.8) is 0 Å². The Bertz CT molecular complexity index is 609. The molecule has 108 valence electrons. The highest BCUT2D eigenvalue weighted by Crippen LogP contribution is 2.35. The molecule has 1 aromatic carbocycles. The van der Waals surface area contributed by atoms with Gasteiger partial charge in [-0.15, -0.1) is 0 Å². The Morgan fingerprint density at radius 2 is 1.95 bits per heavy atom. The molecule has 1 aliphatic rings. The molecule has 3 rings (SSSR count). The molecule has 0 saturated heterocycles. The van der Waals surface area contributed by atoms with Gasteiger partial charge in [0.15, 0.2) is 5.82 Å². The number of halogens is 1. The zero-order valence-electron chi connectivity index (χ0n) is 12.1. The van der Waals surface area contributed by atoms with E-state index in [0.717, 1.165) is 37.0 Å². The van der Waals surface area contributed by atoms with Gasteiger partial charge in [0.1, 0.15) is 11.3 Å². The number of nitrogens with zero attached hydrogens (tertiary/aromatic N) is 2. The Morgan fingerprint density at radius 1 is 1.25 bits per heavy atom. The van der Waals surface area contributed by atoms with Crippen LogP contribution < -0.4 is 5.73 Å². The molecule has 2 aromatic rings. The third-order valence-electron chi connectivity index (χ3n) is 4.35. The molecule has 2 N–H and O–H groups in total. The summed E-state index contributed by atoms with van der Waals surface area (Å²) in [5.41, 5.74) is 7.40. The monoisotopic (exact) mass is 275 g/mol. The summed E-state index contributed by atoms with van der Waals surface area (Å²) < 4.78 is 16.2. The Kier molecular flexibility index (Phi) is 3.50. The van der Waals surface area contributed by atoms with Gasteiger partial charge in [-0.3, -0.25) is 0 Å². The molecular weight excluding hydrogens is 253 g/mol. The summed E-state index contributed by atoms with van der Waals surface area (Å²) in [5, 5.41) is 0. The zero-order chi connectivity index (χ0) is 14.3. The van der Waals surface area contributed by atoms with Crippen molar-refractivity contribution >= 4 is 11.0 Å². The second-order valence-electron chi connectivity index (χ2n) is 6.15. The van der Waals surface area contributed by atoms with Crippen molar-refractivity contribution in [2.24, 2.45) is 5.73 Å². The van der Waals surface area contributed by atoms with Crippen LogP contribution in [0.25, 0.3) is 11.0 Å². The molecule has 1 saturated carbocycles. The average molecular weight is 275 g/mol. The Balaban J connectivity index is 2.10. The van der Waals surface area contributed by atoms with Crippen LogP contribution in [0, 0.1) is 5.82 Å². The van der Waals surface area contributed by atoms with Gasteiger partial charge in [0.25, 0.3) is 0 Å². The average Bonchev–Trinajstić information content (AvgIpc) is 2.80. The van der Waals surface area contributed by atoms with Gasteiger partial charge in [0.2, 0.25) is 0 Å². The molecule has 1 aliphatic carbocycles. The second kappa shape index (κ2) is 5.17. The van der Waals surface area contributed by atoms with Gasteiger partial charge < -0.3 is 10.3 Å². The molecule has 0 aliphatic heterocycles. The predicted molar refractivity (Wildman–Crippen MR) is 79.3 cm³/mol. The third-order valence-corrected chi connectivity index (χ3v) is 4.35. The topological polar surface area (TPSA) is 43.8 Å². The van der Waals surface area contributed by atoms with E-state index < -0.39 is 0 Å². The highest BCUT2D eigenvalue weighted by atomic mass is 19.1. The van der Waals surface area contributed by atoms with Crippen LogP contribution in [-0.2, 0) is 0 Å². The molecule has 3 nitrogen and oxygen atoms in total. The van der Waals surface area contributed by atoms with E-state index in [9.17, 15) is 4.39 Å². The summed E-state index contributed by atoms with van der Waals surface area (Å²) >= 11 is 0. The molecule has 0 bridgehead atoms. The highest BCUT2D eigenvalue weighted by molar-refractivity contribution is 5.77. The molecule has 0 amide bonds. The molecule has 0 atom stereocenters. The van der Waals surface area contributed by atoms with E-state index in [1.54, 1.807) is 6.07 Å². The van der Waals surface area contributed by atoms with Gasteiger partial charge in [-0.25, -0.2) is 9.37 Å². The lowest BCUT2D eigenvalue weighted by Gasteiger charge is -2.27. The molecular formula is C16H22FN3. The lowest BCUT2D eigenvalue weighted by Crippen LogP contribution is -2.27. The second-order valence-corrected chi connectivity index (χ2v) is 6.15. The van der Waals surface area contributed by atoms with Crippen molar-refractivity contribution in [2.45, 2.75) is 57.5 Å². The number of hydrogen-bond donors (Lipinski definition) is 1. The molecule has 4 heteroatoms. The molecule has 1 fully saturated rings. The van der Waals surface area contributed by atoms with Crippen LogP contribution in [0.1, 0.15) is 57.3 Å². The van der Waals surface area contributed by atoms with Gasteiger partial charge >= 0.3 is 0 Å². The summed E-state index contributed by atoms with van der Waals surface area (Å²) in [4.78, 5) is 4.63. The first-order valence-corrected chi connectivity index (χ1v) is 7.50. The van der Waals surface area contributed by atoms with E-state index in [-0.39, 0.29) is 11.9 Å². The maximum Gasteiger partial charge on any atom is 0.151 e. The number of aromatic nitrogens is 2. The van der Waals surface area contributed by atoms with E-state index in [0.29, 0.717) is 17.5 Å². The van der Waals surface area contributed by atoms with Crippen LogP contribution in [0.2, 0.25) is 0 Å². The number of para-hydroxylation sites is 1.